The van der Waals surface area contributed by atoms with Crippen molar-refractivity contribution in [3.8, 4) is 17.6 Å². The fourth-order valence-electron chi connectivity index (χ4n) is 3.05. The summed E-state index contributed by atoms with van der Waals surface area (Å²) in [4.78, 5) is 0. The molecule has 2 aliphatic rings. The monoisotopic (exact) mass is 304 g/mol. The van der Waals surface area contributed by atoms with Crippen LogP contribution >= 0.6 is 11.6 Å². The maximum atomic E-state index is 6.16. The standard InChI is InChI=1S/C18H21ClO2/c19-11-2-1-5-15-6-3-7-16(13-15)21-17-8-12-20-18(14-17)9-4-10-18/h3,6-7,13,17H,2,4,8-12,14H2. The highest BCUT2D eigenvalue weighted by Crippen LogP contribution is 2.43. The third-order valence-corrected chi connectivity index (χ3v) is 4.49. The molecule has 0 bridgehead atoms. The predicted octanol–water partition coefficient (Wildman–Crippen LogP) is 4.15. The van der Waals surface area contributed by atoms with Gasteiger partial charge in [0, 0.05) is 30.7 Å². The molecule has 1 atom stereocenters. The lowest BCUT2D eigenvalue weighted by atomic mass is 9.74. The molecule has 1 aliphatic heterocycles. The minimum atomic E-state index is 0.126. The summed E-state index contributed by atoms with van der Waals surface area (Å²) in [5.74, 6) is 7.67. The van der Waals surface area contributed by atoms with E-state index >= 15 is 0 Å². The molecule has 3 rings (SSSR count). The van der Waals surface area contributed by atoms with Crippen LogP contribution in [0.3, 0.4) is 0 Å². The van der Waals surface area contributed by atoms with E-state index in [2.05, 4.69) is 11.8 Å². The van der Waals surface area contributed by atoms with Gasteiger partial charge in [0.05, 0.1) is 12.2 Å². The Balaban J connectivity index is 1.62. The van der Waals surface area contributed by atoms with Gasteiger partial charge in [-0.3, -0.25) is 0 Å². The van der Waals surface area contributed by atoms with Gasteiger partial charge in [0.15, 0.2) is 0 Å². The van der Waals surface area contributed by atoms with Crippen molar-refractivity contribution in [1.29, 1.82) is 0 Å². The zero-order valence-electron chi connectivity index (χ0n) is 12.2. The topological polar surface area (TPSA) is 18.5 Å². The average Bonchev–Trinajstić information content (AvgIpc) is 2.47. The fourth-order valence-corrected chi connectivity index (χ4v) is 3.15. The Morgan fingerprint density at radius 2 is 2.29 bits per heavy atom. The second-order valence-electron chi connectivity index (χ2n) is 5.89. The second-order valence-corrected chi connectivity index (χ2v) is 6.26. The van der Waals surface area contributed by atoms with Gasteiger partial charge in [-0.25, -0.2) is 0 Å². The van der Waals surface area contributed by atoms with Crippen LogP contribution in [0.15, 0.2) is 24.3 Å². The molecule has 1 aromatic carbocycles. The number of rotatable bonds is 3. The number of ether oxygens (including phenoxy) is 2. The van der Waals surface area contributed by atoms with Crippen molar-refractivity contribution >= 4 is 11.6 Å². The first-order valence-electron chi connectivity index (χ1n) is 7.75. The summed E-state index contributed by atoms with van der Waals surface area (Å²) in [7, 11) is 0. The summed E-state index contributed by atoms with van der Waals surface area (Å²) < 4.78 is 12.1. The molecule has 1 aliphatic carbocycles. The molecule has 1 spiro atoms. The molecule has 21 heavy (non-hydrogen) atoms. The van der Waals surface area contributed by atoms with E-state index in [0.717, 1.165) is 37.2 Å². The van der Waals surface area contributed by atoms with Gasteiger partial charge >= 0.3 is 0 Å². The Bertz CT molecular complexity index is 540. The summed E-state index contributed by atoms with van der Waals surface area (Å²) in [6.07, 6.45) is 6.66. The SMILES string of the molecule is ClCCC#Cc1cccc(OC2CCOC3(CCC3)C2)c1. The molecule has 1 heterocycles. The van der Waals surface area contributed by atoms with Crippen LogP contribution in [0.25, 0.3) is 0 Å². The first-order valence-corrected chi connectivity index (χ1v) is 8.29. The number of hydrogen-bond donors (Lipinski definition) is 0. The van der Waals surface area contributed by atoms with E-state index in [1.165, 1.54) is 19.3 Å². The Kier molecular flexibility index (Phi) is 4.73. The largest absolute Gasteiger partial charge is 0.490 e. The molecule has 2 fully saturated rings. The summed E-state index contributed by atoms with van der Waals surface area (Å²) in [5.41, 5.74) is 1.11. The molecule has 1 aromatic rings. The van der Waals surface area contributed by atoms with Crippen LogP contribution in [-0.2, 0) is 4.74 Å². The predicted molar refractivity (Wildman–Crippen MR) is 84.8 cm³/mol. The van der Waals surface area contributed by atoms with Crippen LogP contribution < -0.4 is 4.74 Å². The highest BCUT2D eigenvalue weighted by molar-refractivity contribution is 6.18. The molecule has 0 radical (unpaired) electrons. The Morgan fingerprint density at radius 1 is 1.38 bits per heavy atom. The molecule has 112 valence electrons. The van der Waals surface area contributed by atoms with Crippen molar-refractivity contribution in [2.24, 2.45) is 0 Å². The van der Waals surface area contributed by atoms with E-state index in [4.69, 9.17) is 21.1 Å². The second kappa shape index (κ2) is 6.73. The Morgan fingerprint density at radius 3 is 3.05 bits per heavy atom. The lowest BCUT2D eigenvalue weighted by molar-refractivity contribution is -0.153. The molecular formula is C18H21ClO2. The fraction of sp³-hybridized carbons (Fsp3) is 0.556. The number of benzene rings is 1. The van der Waals surface area contributed by atoms with E-state index in [1.54, 1.807) is 0 Å². The van der Waals surface area contributed by atoms with Gasteiger partial charge in [0.1, 0.15) is 11.9 Å². The molecule has 0 N–H and O–H groups in total. The summed E-state index contributed by atoms with van der Waals surface area (Å²) in [5, 5.41) is 0. The van der Waals surface area contributed by atoms with Crippen LogP contribution in [0.5, 0.6) is 5.75 Å². The van der Waals surface area contributed by atoms with Crippen molar-refractivity contribution in [3.63, 3.8) is 0 Å². The van der Waals surface area contributed by atoms with Crippen LogP contribution in [-0.4, -0.2) is 24.2 Å². The maximum absolute atomic E-state index is 6.16. The minimum Gasteiger partial charge on any atom is -0.490 e. The summed E-state index contributed by atoms with van der Waals surface area (Å²) in [6.45, 7) is 0.819. The summed E-state index contributed by atoms with van der Waals surface area (Å²) in [6, 6.07) is 8.03. The number of halogens is 1. The quantitative estimate of drug-likeness (QED) is 0.617. The normalized spacial score (nSPS) is 23.0. The zero-order chi connectivity index (χ0) is 14.5. The van der Waals surface area contributed by atoms with Crippen molar-refractivity contribution in [2.75, 3.05) is 12.5 Å². The number of hydrogen-bond acceptors (Lipinski definition) is 2. The van der Waals surface area contributed by atoms with Crippen LogP contribution in [0.2, 0.25) is 0 Å². The first-order chi connectivity index (χ1) is 10.3. The first kappa shape index (κ1) is 14.8. The van der Waals surface area contributed by atoms with Crippen LogP contribution in [0, 0.1) is 11.8 Å². The lowest BCUT2D eigenvalue weighted by Crippen LogP contribution is -2.48. The highest BCUT2D eigenvalue weighted by atomic mass is 35.5. The molecule has 3 heteroatoms. The van der Waals surface area contributed by atoms with E-state index in [1.807, 2.05) is 24.3 Å². The van der Waals surface area contributed by atoms with Gasteiger partial charge in [0.2, 0.25) is 0 Å². The van der Waals surface area contributed by atoms with E-state index in [-0.39, 0.29) is 11.7 Å². The zero-order valence-corrected chi connectivity index (χ0v) is 13.0. The highest BCUT2D eigenvalue weighted by Gasteiger charge is 2.43. The number of alkyl halides is 1. The molecule has 1 saturated carbocycles. The van der Waals surface area contributed by atoms with E-state index in [9.17, 15) is 0 Å². The van der Waals surface area contributed by atoms with Crippen molar-refractivity contribution in [2.45, 2.75) is 50.2 Å². The molecule has 0 amide bonds. The van der Waals surface area contributed by atoms with Gasteiger partial charge in [-0.2, -0.15) is 0 Å². The Hall–Kier alpha value is -1.17. The van der Waals surface area contributed by atoms with E-state index < -0.39 is 0 Å². The van der Waals surface area contributed by atoms with Crippen molar-refractivity contribution < 1.29 is 9.47 Å². The Labute approximate surface area is 131 Å². The molecular weight excluding hydrogens is 284 g/mol. The lowest BCUT2D eigenvalue weighted by Gasteiger charge is -2.46. The summed E-state index contributed by atoms with van der Waals surface area (Å²) >= 11 is 5.63. The van der Waals surface area contributed by atoms with Gasteiger partial charge in [-0.1, -0.05) is 17.9 Å². The third kappa shape index (κ3) is 3.73. The average molecular weight is 305 g/mol. The van der Waals surface area contributed by atoms with Gasteiger partial charge in [-0.05, 0) is 37.5 Å². The van der Waals surface area contributed by atoms with Gasteiger partial charge in [0.25, 0.3) is 0 Å². The van der Waals surface area contributed by atoms with Gasteiger partial charge in [-0.15, -0.1) is 11.6 Å². The van der Waals surface area contributed by atoms with Crippen molar-refractivity contribution in [3.05, 3.63) is 29.8 Å². The smallest absolute Gasteiger partial charge is 0.120 e. The third-order valence-electron chi connectivity index (χ3n) is 4.30. The molecule has 1 unspecified atom stereocenters. The molecule has 2 nitrogen and oxygen atoms in total. The van der Waals surface area contributed by atoms with Gasteiger partial charge < -0.3 is 9.47 Å². The maximum Gasteiger partial charge on any atom is 0.120 e. The van der Waals surface area contributed by atoms with Crippen LogP contribution in [0.1, 0.15) is 44.1 Å². The molecule has 0 aromatic heterocycles. The van der Waals surface area contributed by atoms with E-state index in [0.29, 0.717) is 5.88 Å². The minimum absolute atomic E-state index is 0.126. The van der Waals surface area contributed by atoms with Crippen LogP contribution in [0.4, 0.5) is 0 Å². The molecule has 1 saturated heterocycles. The van der Waals surface area contributed by atoms with Crippen molar-refractivity contribution in [1.82, 2.24) is 0 Å².